The SMILES string of the molecule is CC1CNC(C(C)(C)C)CN1Cc1cc(Br)ccc1F. The Kier molecular flexibility index (Phi) is 4.88. The molecule has 20 heavy (non-hydrogen) atoms. The molecule has 2 rings (SSSR count). The van der Waals surface area contributed by atoms with Crippen molar-refractivity contribution in [3.05, 3.63) is 34.1 Å². The molecule has 1 N–H and O–H groups in total. The molecular weight excluding hydrogens is 319 g/mol. The summed E-state index contributed by atoms with van der Waals surface area (Å²) in [6.07, 6.45) is 0. The summed E-state index contributed by atoms with van der Waals surface area (Å²) in [6.45, 7) is 11.5. The molecule has 1 saturated heterocycles. The first-order valence-corrected chi connectivity index (χ1v) is 7.98. The van der Waals surface area contributed by atoms with Gasteiger partial charge in [-0.05, 0) is 30.5 Å². The Morgan fingerprint density at radius 2 is 2.10 bits per heavy atom. The van der Waals surface area contributed by atoms with Crippen LogP contribution in [0, 0.1) is 11.2 Å². The van der Waals surface area contributed by atoms with Gasteiger partial charge >= 0.3 is 0 Å². The Balaban J connectivity index is 2.12. The fourth-order valence-corrected chi connectivity index (χ4v) is 3.01. The standard InChI is InChI=1S/C16H24BrFN2/c1-11-8-19-15(16(2,3)4)10-20(11)9-12-7-13(17)5-6-14(12)18/h5-7,11,15,19H,8-10H2,1-4H3. The predicted molar refractivity (Wildman–Crippen MR) is 85.2 cm³/mol. The molecule has 2 nitrogen and oxygen atoms in total. The van der Waals surface area contributed by atoms with E-state index in [2.05, 4.69) is 53.8 Å². The van der Waals surface area contributed by atoms with Crippen molar-refractivity contribution in [2.24, 2.45) is 5.41 Å². The zero-order valence-corrected chi connectivity index (χ0v) is 14.3. The van der Waals surface area contributed by atoms with Crippen LogP contribution in [0.5, 0.6) is 0 Å². The molecule has 0 amide bonds. The quantitative estimate of drug-likeness (QED) is 0.879. The second kappa shape index (κ2) is 6.12. The highest BCUT2D eigenvalue weighted by Gasteiger charge is 2.32. The van der Waals surface area contributed by atoms with Crippen molar-refractivity contribution < 1.29 is 4.39 Å². The van der Waals surface area contributed by atoms with Crippen LogP contribution in [-0.4, -0.2) is 30.1 Å². The van der Waals surface area contributed by atoms with Crippen LogP contribution >= 0.6 is 15.9 Å². The largest absolute Gasteiger partial charge is 0.311 e. The van der Waals surface area contributed by atoms with Crippen molar-refractivity contribution in [2.45, 2.75) is 46.3 Å². The van der Waals surface area contributed by atoms with Crippen molar-refractivity contribution in [2.75, 3.05) is 13.1 Å². The summed E-state index contributed by atoms with van der Waals surface area (Å²) in [6, 6.07) is 6.03. The lowest BCUT2D eigenvalue weighted by Crippen LogP contribution is -2.59. The summed E-state index contributed by atoms with van der Waals surface area (Å²) < 4.78 is 14.9. The zero-order chi connectivity index (χ0) is 14.9. The monoisotopic (exact) mass is 342 g/mol. The van der Waals surface area contributed by atoms with E-state index in [1.807, 2.05) is 6.07 Å². The molecule has 1 fully saturated rings. The van der Waals surface area contributed by atoms with Crippen LogP contribution in [0.2, 0.25) is 0 Å². The van der Waals surface area contributed by atoms with Gasteiger partial charge in [0.2, 0.25) is 0 Å². The number of halogens is 2. The van der Waals surface area contributed by atoms with Crippen LogP contribution in [0.15, 0.2) is 22.7 Å². The second-order valence-corrected chi connectivity index (χ2v) is 7.76. The van der Waals surface area contributed by atoms with Crippen molar-refractivity contribution in [1.82, 2.24) is 10.2 Å². The molecule has 0 aromatic heterocycles. The maximum absolute atomic E-state index is 13.9. The predicted octanol–water partition coefficient (Wildman–Crippen LogP) is 3.80. The van der Waals surface area contributed by atoms with E-state index in [9.17, 15) is 4.39 Å². The average molecular weight is 343 g/mol. The van der Waals surface area contributed by atoms with Gasteiger partial charge in [0.1, 0.15) is 5.82 Å². The number of hydrogen-bond acceptors (Lipinski definition) is 2. The lowest BCUT2D eigenvalue weighted by atomic mass is 9.84. The maximum atomic E-state index is 13.9. The average Bonchev–Trinajstić information content (AvgIpc) is 2.35. The maximum Gasteiger partial charge on any atom is 0.127 e. The molecule has 1 aliphatic heterocycles. The highest BCUT2D eigenvalue weighted by atomic mass is 79.9. The van der Waals surface area contributed by atoms with Gasteiger partial charge in [0.15, 0.2) is 0 Å². The van der Waals surface area contributed by atoms with Crippen LogP contribution < -0.4 is 5.32 Å². The molecule has 0 aliphatic carbocycles. The number of rotatable bonds is 2. The molecule has 2 unspecified atom stereocenters. The lowest BCUT2D eigenvalue weighted by Gasteiger charge is -2.44. The van der Waals surface area contributed by atoms with E-state index in [0.29, 0.717) is 18.6 Å². The summed E-state index contributed by atoms with van der Waals surface area (Å²) in [5.74, 6) is -0.119. The molecule has 1 heterocycles. The van der Waals surface area contributed by atoms with Crippen molar-refractivity contribution >= 4 is 15.9 Å². The van der Waals surface area contributed by atoms with Gasteiger partial charge in [0, 0.05) is 41.8 Å². The van der Waals surface area contributed by atoms with E-state index in [0.717, 1.165) is 23.1 Å². The fourth-order valence-electron chi connectivity index (χ4n) is 2.60. The first-order valence-electron chi connectivity index (χ1n) is 7.18. The molecule has 0 radical (unpaired) electrons. The van der Waals surface area contributed by atoms with Crippen molar-refractivity contribution in [3.63, 3.8) is 0 Å². The van der Waals surface area contributed by atoms with E-state index in [-0.39, 0.29) is 11.2 Å². The number of nitrogens with one attached hydrogen (secondary N) is 1. The molecule has 4 heteroatoms. The van der Waals surface area contributed by atoms with Crippen molar-refractivity contribution in [3.8, 4) is 0 Å². The molecule has 1 aromatic carbocycles. The summed E-state index contributed by atoms with van der Waals surface area (Å²) in [5, 5.41) is 3.61. The van der Waals surface area contributed by atoms with Gasteiger partial charge in [0.05, 0.1) is 0 Å². The first-order chi connectivity index (χ1) is 9.27. The highest BCUT2D eigenvalue weighted by molar-refractivity contribution is 9.10. The van der Waals surface area contributed by atoms with Gasteiger partial charge in [-0.15, -0.1) is 0 Å². The molecule has 112 valence electrons. The first kappa shape index (κ1) is 15.9. The summed E-state index contributed by atoms with van der Waals surface area (Å²) >= 11 is 3.42. The van der Waals surface area contributed by atoms with Crippen LogP contribution in [-0.2, 0) is 6.54 Å². The topological polar surface area (TPSA) is 15.3 Å². The number of piperazine rings is 1. The molecule has 0 bridgehead atoms. The minimum atomic E-state index is -0.119. The smallest absolute Gasteiger partial charge is 0.127 e. The number of hydrogen-bond donors (Lipinski definition) is 1. The molecule has 1 aliphatic rings. The lowest BCUT2D eigenvalue weighted by molar-refractivity contribution is 0.0868. The third-order valence-electron chi connectivity index (χ3n) is 4.13. The fraction of sp³-hybridized carbons (Fsp3) is 0.625. The molecule has 0 spiro atoms. The van der Waals surface area contributed by atoms with Crippen molar-refractivity contribution in [1.29, 1.82) is 0 Å². The van der Waals surface area contributed by atoms with Gasteiger partial charge in [-0.3, -0.25) is 4.90 Å². The molecule has 0 saturated carbocycles. The molecule has 1 aromatic rings. The Bertz CT molecular complexity index is 470. The van der Waals surface area contributed by atoms with E-state index in [1.165, 1.54) is 6.07 Å². The summed E-state index contributed by atoms with van der Waals surface area (Å²) in [5.41, 5.74) is 0.981. The van der Waals surface area contributed by atoms with Gasteiger partial charge < -0.3 is 5.32 Å². The Hall–Kier alpha value is -0.450. The van der Waals surface area contributed by atoms with Crippen LogP contribution in [0.1, 0.15) is 33.3 Å². The highest BCUT2D eigenvalue weighted by Crippen LogP contribution is 2.25. The van der Waals surface area contributed by atoms with E-state index >= 15 is 0 Å². The minimum Gasteiger partial charge on any atom is -0.311 e. The molecule has 2 atom stereocenters. The second-order valence-electron chi connectivity index (χ2n) is 6.84. The van der Waals surface area contributed by atoms with E-state index in [1.54, 1.807) is 6.07 Å². The Morgan fingerprint density at radius 1 is 1.40 bits per heavy atom. The van der Waals surface area contributed by atoms with Gasteiger partial charge in [-0.1, -0.05) is 36.7 Å². The van der Waals surface area contributed by atoms with E-state index < -0.39 is 0 Å². The number of nitrogens with zero attached hydrogens (tertiary/aromatic N) is 1. The van der Waals surface area contributed by atoms with Gasteiger partial charge in [0.25, 0.3) is 0 Å². The zero-order valence-electron chi connectivity index (χ0n) is 12.7. The van der Waals surface area contributed by atoms with Gasteiger partial charge in [-0.25, -0.2) is 4.39 Å². The Labute approximate surface area is 129 Å². The third kappa shape index (κ3) is 3.80. The minimum absolute atomic E-state index is 0.119. The number of benzene rings is 1. The van der Waals surface area contributed by atoms with Crippen LogP contribution in [0.4, 0.5) is 4.39 Å². The van der Waals surface area contributed by atoms with Crippen LogP contribution in [0.3, 0.4) is 0 Å². The summed E-state index contributed by atoms with van der Waals surface area (Å²) in [7, 11) is 0. The summed E-state index contributed by atoms with van der Waals surface area (Å²) in [4.78, 5) is 2.37. The Morgan fingerprint density at radius 3 is 2.75 bits per heavy atom. The third-order valence-corrected chi connectivity index (χ3v) is 4.62. The normalized spacial score (nSPS) is 24.9. The van der Waals surface area contributed by atoms with Crippen LogP contribution in [0.25, 0.3) is 0 Å². The van der Waals surface area contributed by atoms with E-state index in [4.69, 9.17) is 0 Å². The van der Waals surface area contributed by atoms with Gasteiger partial charge in [-0.2, -0.15) is 0 Å². The molecular formula is C16H24BrFN2.